The molecule has 2 rings (SSSR count). The Morgan fingerprint density at radius 2 is 2.18 bits per heavy atom. The molecule has 0 radical (unpaired) electrons. The van der Waals surface area contributed by atoms with Crippen LogP contribution < -0.4 is 10.5 Å². The molecule has 0 atom stereocenters. The minimum Gasteiger partial charge on any atom is -0.358 e. The van der Waals surface area contributed by atoms with E-state index < -0.39 is 0 Å². The van der Waals surface area contributed by atoms with Crippen LogP contribution in [0.5, 0.6) is 0 Å². The molecule has 5 heteroatoms. The lowest BCUT2D eigenvalue weighted by Crippen LogP contribution is -2.30. The van der Waals surface area contributed by atoms with Crippen LogP contribution in [-0.2, 0) is 0 Å². The van der Waals surface area contributed by atoms with E-state index in [4.69, 9.17) is 0 Å². The predicted octanol–water partition coefficient (Wildman–Crippen LogP) is 2.39. The summed E-state index contributed by atoms with van der Waals surface area (Å²) in [4.78, 5) is 20.5. The van der Waals surface area contributed by atoms with Gasteiger partial charge >= 0.3 is 0 Å². The third kappa shape index (κ3) is 3.20. The van der Waals surface area contributed by atoms with E-state index in [1.165, 1.54) is 38.4 Å². The predicted molar refractivity (Wildman–Crippen MR) is 77.4 cm³/mol. The Morgan fingerprint density at radius 3 is 2.88 bits per heavy atom. The minimum absolute atomic E-state index is 0.0499. The number of hydrogen-bond acceptors (Lipinski definition) is 3. The zero-order chi connectivity index (χ0) is 12.3. The van der Waals surface area contributed by atoms with Gasteiger partial charge in [-0.1, -0.05) is 19.3 Å². The summed E-state index contributed by atoms with van der Waals surface area (Å²) in [6.45, 7) is 1.01. The second-order valence-electron chi connectivity index (χ2n) is 4.75. The fourth-order valence-corrected chi connectivity index (χ4v) is 3.19. The summed E-state index contributed by atoms with van der Waals surface area (Å²) in [6, 6.07) is 0. The molecule has 94 valence electrons. The van der Waals surface area contributed by atoms with Crippen molar-refractivity contribution in [1.29, 1.82) is 0 Å². The van der Waals surface area contributed by atoms with Gasteiger partial charge in [-0.25, -0.2) is 4.98 Å². The van der Waals surface area contributed by atoms with Gasteiger partial charge in [0.25, 0.3) is 5.56 Å². The van der Waals surface area contributed by atoms with Crippen molar-refractivity contribution in [2.45, 2.75) is 32.1 Å². The van der Waals surface area contributed by atoms with Crippen LogP contribution in [0.1, 0.15) is 32.1 Å². The number of nitrogens with zero attached hydrogens (tertiary/aromatic N) is 2. The number of hydrogen-bond donors (Lipinski definition) is 1. The first kappa shape index (κ1) is 12.9. The second-order valence-corrected chi connectivity index (χ2v) is 5.83. The lowest BCUT2D eigenvalue weighted by Gasteiger charge is -2.27. The van der Waals surface area contributed by atoms with Crippen molar-refractivity contribution in [2.24, 2.45) is 5.92 Å². The summed E-state index contributed by atoms with van der Waals surface area (Å²) in [6.07, 6.45) is 8.17. The number of rotatable bonds is 3. The first-order chi connectivity index (χ1) is 8.18. The first-order valence-corrected chi connectivity index (χ1v) is 7.20. The number of nitrogens with one attached hydrogen (secondary N) is 1. The van der Waals surface area contributed by atoms with Crippen molar-refractivity contribution in [3.63, 3.8) is 0 Å². The Balaban J connectivity index is 2.06. The Morgan fingerprint density at radius 1 is 1.47 bits per heavy atom. The van der Waals surface area contributed by atoms with Gasteiger partial charge < -0.3 is 9.88 Å². The number of aromatic nitrogens is 2. The average molecular weight is 347 g/mol. The number of aromatic amines is 1. The SMILES string of the molecule is CN(CC1CCCCC1)c1nc[nH]c(=O)c1I. The van der Waals surface area contributed by atoms with Crippen LogP contribution in [0.25, 0.3) is 0 Å². The Kier molecular flexibility index (Phi) is 4.42. The molecule has 1 aromatic heterocycles. The summed E-state index contributed by atoms with van der Waals surface area (Å²) in [5.74, 6) is 1.56. The Bertz CT molecular complexity index is 426. The zero-order valence-corrected chi connectivity index (χ0v) is 12.2. The van der Waals surface area contributed by atoms with Gasteiger partial charge in [0, 0.05) is 13.6 Å². The number of anilines is 1. The van der Waals surface area contributed by atoms with Crippen LogP contribution in [0.15, 0.2) is 11.1 Å². The van der Waals surface area contributed by atoms with Crippen LogP contribution in [-0.4, -0.2) is 23.6 Å². The molecule has 1 aromatic rings. The number of halogens is 1. The van der Waals surface area contributed by atoms with Gasteiger partial charge in [-0.3, -0.25) is 4.79 Å². The molecule has 1 fully saturated rings. The van der Waals surface area contributed by atoms with Crippen molar-refractivity contribution in [1.82, 2.24) is 9.97 Å². The highest BCUT2D eigenvalue weighted by molar-refractivity contribution is 14.1. The molecule has 1 aliphatic rings. The van der Waals surface area contributed by atoms with Gasteiger partial charge in [-0.15, -0.1) is 0 Å². The smallest absolute Gasteiger partial charge is 0.266 e. The maximum absolute atomic E-state index is 11.5. The maximum Gasteiger partial charge on any atom is 0.266 e. The Hall–Kier alpha value is -0.590. The highest BCUT2D eigenvalue weighted by Crippen LogP contribution is 2.25. The molecule has 0 saturated heterocycles. The molecule has 0 amide bonds. The summed E-state index contributed by atoms with van der Waals surface area (Å²) in [5.41, 5.74) is -0.0499. The van der Waals surface area contributed by atoms with E-state index in [1.54, 1.807) is 0 Å². The largest absolute Gasteiger partial charge is 0.358 e. The molecular weight excluding hydrogens is 329 g/mol. The van der Waals surface area contributed by atoms with E-state index in [0.717, 1.165) is 18.3 Å². The van der Waals surface area contributed by atoms with E-state index in [9.17, 15) is 4.79 Å². The van der Waals surface area contributed by atoms with Crippen molar-refractivity contribution in [3.05, 3.63) is 20.3 Å². The zero-order valence-electron chi connectivity index (χ0n) is 10.1. The lowest BCUT2D eigenvalue weighted by atomic mass is 9.89. The number of H-pyrrole nitrogens is 1. The topological polar surface area (TPSA) is 49.0 Å². The molecule has 0 spiro atoms. The summed E-state index contributed by atoms with van der Waals surface area (Å²) in [5, 5.41) is 0. The molecule has 0 aliphatic heterocycles. The fraction of sp³-hybridized carbons (Fsp3) is 0.667. The molecule has 1 heterocycles. The van der Waals surface area contributed by atoms with Crippen LogP contribution in [0.3, 0.4) is 0 Å². The minimum atomic E-state index is -0.0499. The highest BCUT2D eigenvalue weighted by atomic mass is 127. The second kappa shape index (κ2) is 5.84. The highest BCUT2D eigenvalue weighted by Gasteiger charge is 2.18. The third-order valence-electron chi connectivity index (χ3n) is 3.40. The lowest BCUT2D eigenvalue weighted by molar-refractivity contribution is 0.361. The van der Waals surface area contributed by atoms with Crippen molar-refractivity contribution in [2.75, 3.05) is 18.5 Å². The molecule has 0 unspecified atom stereocenters. The molecule has 1 saturated carbocycles. The standard InChI is InChI=1S/C12H18IN3O/c1-16(7-9-5-3-2-4-6-9)11-10(13)12(17)15-8-14-11/h8-9H,2-7H2,1H3,(H,14,15,17). The van der Waals surface area contributed by atoms with Gasteiger partial charge in [0.15, 0.2) is 0 Å². The van der Waals surface area contributed by atoms with Gasteiger partial charge in [-0.05, 0) is 41.4 Å². The van der Waals surface area contributed by atoms with Crippen LogP contribution in [0, 0.1) is 9.49 Å². The van der Waals surface area contributed by atoms with E-state index in [2.05, 4.69) is 37.5 Å². The van der Waals surface area contributed by atoms with Crippen LogP contribution >= 0.6 is 22.6 Å². The van der Waals surface area contributed by atoms with Crippen LogP contribution in [0.4, 0.5) is 5.82 Å². The van der Waals surface area contributed by atoms with Crippen molar-refractivity contribution >= 4 is 28.4 Å². The molecule has 1 aliphatic carbocycles. The van der Waals surface area contributed by atoms with Crippen molar-refractivity contribution < 1.29 is 0 Å². The first-order valence-electron chi connectivity index (χ1n) is 6.13. The maximum atomic E-state index is 11.5. The van der Waals surface area contributed by atoms with E-state index in [1.807, 2.05) is 7.05 Å². The quantitative estimate of drug-likeness (QED) is 0.855. The fourth-order valence-electron chi connectivity index (χ4n) is 2.48. The van der Waals surface area contributed by atoms with Gasteiger partial charge in [0.2, 0.25) is 0 Å². The molecule has 0 aromatic carbocycles. The summed E-state index contributed by atoms with van der Waals surface area (Å²) in [7, 11) is 2.03. The third-order valence-corrected chi connectivity index (χ3v) is 4.37. The molecule has 0 bridgehead atoms. The molecule has 17 heavy (non-hydrogen) atoms. The summed E-state index contributed by atoms with van der Waals surface area (Å²) < 4.78 is 0.684. The Labute approximate surface area is 115 Å². The molecule has 1 N–H and O–H groups in total. The van der Waals surface area contributed by atoms with Gasteiger partial charge in [0.1, 0.15) is 9.39 Å². The van der Waals surface area contributed by atoms with E-state index >= 15 is 0 Å². The van der Waals surface area contributed by atoms with Crippen LogP contribution in [0.2, 0.25) is 0 Å². The van der Waals surface area contributed by atoms with Crippen molar-refractivity contribution in [3.8, 4) is 0 Å². The van der Waals surface area contributed by atoms with Gasteiger partial charge in [-0.2, -0.15) is 0 Å². The monoisotopic (exact) mass is 347 g/mol. The normalized spacial score (nSPS) is 17.1. The van der Waals surface area contributed by atoms with Gasteiger partial charge in [0.05, 0.1) is 6.33 Å². The van der Waals surface area contributed by atoms with E-state index in [-0.39, 0.29) is 5.56 Å². The molecule has 4 nitrogen and oxygen atoms in total. The average Bonchev–Trinajstić information content (AvgIpc) is 2.34. The molecular formula is C12H18IN3O. The summed E-state index contributed by atoms with van der Waals surface area (Å²) >= 11 is 2.07. The van der Waals surface area contributed by atoms with E-state index in [0.29, 0.717) is 3.57 Å².